The van der Waals surface area contributed by atoms with Gasteiger partial charge in [-0.05, 0) is 51.1 Å². The number of alkyl halides is 1. The third kappa shape index (κ3) is 10.4. The van der Waals surface area contributed by atoms with Gasteiger partial charge in [-0.3, -0.25) is 9.59 Å². The summed E-state index contributed by atoms with van der Waals surface area (Å²) in [6, 6.07) is -0.0229. The molecule has 0 spiro atoms. The molecule has 2 rings (SSSR count). The molecule has 2 aliphatic rings. The van der Waals surface area contributed by atoms with E-state index in [2.05, 4.69) is 30.4 Å². The molecule has 188 valence electrons. The number of ether oxygens (including phenoxy) is 2. The van der Waals surface area contributed by atoms with E-state index >= 15 is 0 Å². The molecule has 0 heterocycles. The predicted octanol–water partition coefficient (Wildman–Crippen LogP) is 6.71. The smallest absolute Gasteiger partial charge is 0.312 e. The third-order valence-electron chi connectivity index (χ3n) is 7.27. The average Bonchev–Trinajstić information content (AvgIpc) is 2.83. The summed E-state index contributed by atoms with van der Waals surface area (Å²) < 4.78 is 10.3. The van der Waals surface area contributed by atoms with Gasteiger partial charge in [0.1, 0.15) is 6.61 Å². The zero-order valence-electron chi connectivity index (χ0n) is 21.0. The Hall–Kier alpha value is -0.810. The fraction of sp³-hybridized carbons (Fsp3) is 0.923. The molecule has 0 unspecified atom stereocenters. The quantitative estimate of drug-likeness (QED) is 0.179. The van der Waals surface area contributed by atoms with Crippen LogP contribution in [0.15, 0.2) is 0 Å². The monoisotopic (exact) mass is 473 g/mol. The Morgan fingerprint density at radius 3 is 2.09 bits per heavy atom. The summed E-state index contributed by atoms with van der Waals surface area (Å²) in [6.07, 6.45) is 15.9. The molecule has 0 N–H and O–H groups in total. The van der Waals surface area contributed by atoms with Gasteiger partial charge in [0.2, 0.25) is 0 Å². The number of nitrogens with zero attached hydrogens (tertiary/aromatic N) is 1. The summed E-state index contributed by atoms with van der Waals surface area (Å²) in [6.45, 7) is 9.91. The number of carbonyl (C=O) groups is 2. The highest BCUT2D eigenvalue weighted by Crippen LogP contribution is 2.49. The van der Waals surface area contributed by atoms with Gasteiger partial charge >= 0.3 is 11.9 Å². The highest BCUT2D eigenvalue weighted by Gasteiger charge is 2.47. The van der Waals surface area contributed by atoms with Crippen LogP contribution in [0.1, 0.15) is 111 Å². The number of hydrogen-bond donors (Lipinski definition) is 0. The number of carbonyl (C=O) groups excluding carboxylic acids is 2. The maximum absolute atomic E-state index is 12.9. The zero-order chi connectivity index (χ0) is 23.7. The Morgan fingerprint density at radius 2 is 1.53 bits per heavy atom. The summed E-state index contributed by atoms with van der Waals surface area (Å²) in [5.41, 5.74) is -0.137. The van der Waals surface area contributed by atoms with Crippen LogP contribution in [-0.2, 0) is 19.1 Å². The minimum atomic E-state index is -0.191. The number of rotatable bonds is 12. The molecule has 2 fully saturated rings. The van der Waals surface area contributed by atoms with Crippen LogP contribution in [0.3, 0.4) is 0 Å². The molecule has 0 amide bonds. The second-order valence-corrected chi connectivity index (χ2v) is 9.52. The van der Waals surface area contributed by atoms with Crippen LogP contribution in [-0.4, -0.2) is 49.1 Å². The van der Waals surface area contributed by atoms with Gasteiger partial charge < -0.3 is 14.4 Å². The van der Waals surface area contributed by atoms with E-state index in [-0.39, 0.29) is 23.4 Å². The minimum Gasteiger partial charge on any atom is -0.464 e. The van der Waals surface area contributed by atoms with Crippen LogP contribution in [0.4, 0.5) is 0 Å². The van der Waals surface area contributed by atoms with Crippen molar-refractivity contribution in [1.29, 1.82) is 0 Å². The van der Waals surface area contributed by atoms with Crippen LogP contribution >= 0.6 is 11.6 Å². The number of esters is 2. The Morgan fingerprint density at radius 1 is 0.906 bits per heavy atom. The van der Waals surface area contributed by atoms with Gasteiger partial charge in [0.15, 0.2) is 6.07 Å². The van der Waals surface area contributed by atoms with Crippen molar-refractivity contribution in [3.8, 4) is 0 Å². The molecule has 5 nitrogen and oxygen atoms in total. The first kappa shape index (κ1) is 29.2. The van der Waals surface area contributed by atoms with E-state index in [0.29, 0.717) is 18.9 Å². The highest BCUT2D eigenvalue weighted by atomic mass is 35.5. The van der Waals surface area contributed by atoms with Crippen molar-refractivity contribution >= 4 is 23.5 Å². The molecule has 0 aromatic carbocycles. The summed E-state index contributed by atoms with van der Waals surface area (Å²) in [7, 11) is 0. The lowest BCUT2D eigenvalue weighted by atomic mass is 9.62. The zero-order valence-corrected chi connectivity index (χ0v) is 21.7. The van der Waals surface area contributed by atoms with Crippen molar-refractivity contribution < 1.29 is 19.1 Å². The maximum Gasteiger partial charge on any atom is 0.312 e. The summed E-state index contributed by atoms with van der Waals surface area (Å²) in [5, 5.41) is 0. The largest absolute Gasteiger partial charge is 0.464 e. The molecule has 2 aliphatic carbocycles. The van der Waals surface area contributed by atoms with E-state index in [1.807, 2.05) is 0 Å². The Kier molecular flexibility index (Phi) is 16.1. The van der Waals surface area contributed by atoms with Gasteiger partial charge in [0.05, 0.1) is 5.41 Å². The lowest BCUT2D eigenvalue weighted by Crippen LogP contribution is -2.43. The summed E-state index contributed by atoms with van der Waals surface area (Å²) in [4.78, 5) is 25.9. The molecule has 0 aliphatic heterocycles. The minimum absolute atomic E-state index is 0.0229. The van der Waals surface area contributed by atoms with Crippen molar-refractivity contribution in [1.82, 2.24) is 4.90 Å². The second kappa shape index (κ2) is 17.6. The lowest BCUT2D eigenvalue weighted by molar-refractivity contribution is -0.164. The van der Waals surface area contributed by atoms with Gasteiger partial charge in [0.25, 0.3) is 0 Å². The van der Waals surface area contributed by atoms with E-state index in [0.717, 1.165) is 51.7 Å². The van der Waals surface area contributed by atoms with Gasteiger partial charge in [-0.2, -0.15) is 0 Å². The number of unbranched alkanes of at least 4 members (excludes halogenated alkanes) is 2. The number of likely N-dealkylation sites (N-methyl/N-ethyl adjacent to an activating group) is 1. The van der Waals surface area contributed by atoms with Crippen molar-refractivity contribution in [2.75, 3.05) is 32.3 Å². The van der Waals surface area contributed by atoms with Crippen LogP contribution in [0.25, 0.3) is 0 Å². The van der Waals surface area contributed by atoms with Crippen molar-refractivity contribution in [3.63, 3.8) is 0 Å². The van der Waals surface area contributed by atoms with E-state index in [1.165, 1.54) is 51.4 Å². The molecule has 0 aromatic rings. The fourth-order valence-electron chi connectivity index (χ4n) is 5.22. The van der Waals surface area contributed by atoms with Crippen molar-refractivity contribution in [2.45, 2.75) is 111 Å². The Labute approximate surface area is 201 Å². The van der Waals surface area contributed by atoms with Gasteiger partial charge in [-0.1, -0.05) is 83.7 Å². The topological polar surface area (TPSA) is 55.8 Å². The molecule has 6 heteroatoms. The molecular formula is C26H48ClNO4. The van der Waals surface area contributed by atoms with E-state index < -0.39 is 0 Å². The molecule has 32 heavy (non-hydrogen) atoms. The van der Waals surface area contributed by atoms with Crippen LogP contribution in [0, 0.1) is 11.3 Å². The fourth-order valence-corrected chi connectivity index (χ4v) is 5.34. The van der Waals surface area contributed by atoms with Crippen molar-refractivity contribution in [2.24, 2.45) is 11.3 Å². The molecule has 0 aromatic heterocycles. The molecule has 0 radical (unpaired) electrons. The molecule has 0 atom stereocenters. The number of halogens is 1. The number of hydrogen-bond acceptors (Lipinski definition) is 5. The molecule has 0 bridgehead atoms. The van der Waals surface area contributed by atoms with Gasteiger partial charge in [0, 0.05) is 13.0 Å². The Balaban J connectivity index is 0.000000433. The standard InChI is InChI=1S/C19H35NO2.C7H13ClO2/c1-3-20(4-2)15-16-22-18(21)19(13-9-6-10-14-19)17-11-7-5-8-12-17;1-2-3-4-5-7(9)10-6-8/h17H,3-16H2,1-2H3;2-6H2,1H3. The molecular weight excluding hydrogens is 426 g/mol. The first-order valence-corrected chi connectivity index (χ1v) is 13.7. The second-order valence-electron chi connectivity index (χ2n) is 9.30. The van der Waals surface area contributed by atoms with Crippen LogP contribution < -0.4 is 0 Å². The lowest BCUT2D eigenvalue weighted by Gasteiger charge is -2.43. The summed E-state index contributed by atoms with van der Waals surface area (Å²) >= 11 is 5.17. The van der Waals surface area contributed by atoms with E-state index in [1.54, 1.807) is 0 Å². The van der Waals surface area contributed by atoms with Gasteiger partial charge in [-0.25, -0.2) is 0 Å². The summed E-state index contributed by atoms with van der Waals surface area (Å²) in [5.74, 6) is 0.525. The first-order valence-electron chi connectivity index (χ1n) is 13.1. The van der Waals surface area contributed by atoms with Crippen molar-refractivity contribution in [3.05, 3.63) is 0 Å². The maximum atomic E-state index is 12.9. The van der Waals surface area contributed by atoms with Crippen LogP contribution in [0.5, 0.6) is 0 Å². The molecule has 0 saturated heterocycles. The average molecular weight is 474 g/mol. The van der Waals surface area contributed by atoms with Crippen LogP contribution in [0.2, 0.25) is 0 Å². The Bertz CT molecular complexity index is 498. The third-order valence-corrected chi connectivity index (χ3v) is 7.38. The molecule has 2 saturated carbocycles. The van der Waals surface area contributed by atoms with E-state index in [4.69, 9.17) is 16.3 Å². The first-order chi connectivity index (χ1) is 15.5. The van der Waals surface area contributed by atoms with Gasteiger partial charge in [-0.15, -0.1) is 0 Å². The van der Waals surface area contributed by atoms with E-state index in [9.17, 15) is 9.59 Å². The SMILES string of the molecule is CCCCCC(=O)OCCl.CCN(CC)CCOC(=O)C1(C2CCCCC2)CCCCC1. The predicted molar refractivity (Wildman–Crippen MR) is 132 cm³/mol. The normalized spacial score (nSPS) is 18.5. The highest BCUT2D eigenvalue weighted by molar-refractivity contribution is 6.17.